The van der Waals surface area contributed by atoms with E-state index < -0.39 is 12.0 Å². The molecule has 22 heavy (non-hydrogen) atoms. The van der Waals surface area contributed by atoms with Crippen molar-refractivity contribution in [3.8, 4) is 5.75 Å². The van der Waals surface area contributed by atoms with E-state index in [-0.39, 0.29) is 12.0 Å². The average molecular weight is 309 g/mol. The van der Waals surface area contributed by atoms with Crippen molar-refractivity contribution in [3.05, 3.63) is 29.8 Å². The molecule has 2 rings (SSSR count). The number of nitrogens with one attached hydrogen (secondary N) is 1. The SMILES string of the molecule is COc1ccc(C(O)C(=O)NCC2(CO)CCOCC2)cc1. The van der Waals surface area contributed by atoms with Gasteiger partial charge in [0, 0.05) is 25.2 Å². The molecular formula is C16H23NO5. The average Bonchev–Trinajstić information content (AvgIpc) is 2.60. The number of amides is 1. The zero-order valence-corrected chi connectivity index (χ0v) is 12.7. The van der Waals surface area contributed by atoms with Gasteiger partial charge in [-0.3, -0.25) is 4.79 Å². The number of hydrogen-bond acceptors (Lipinski definition) is 5. The fourth-order valence-electron chi connectivity index (χ4n) is 2.50. The molecule has 1 saturated heterocycles. The van der Waals surface area contributed by atoms with Gasteiger partial charge in [-0.05, 0) is 30.5 Å². The number of carbonyl (C=O) groups is 1. The third kappa shape index (κ3) is 3.97. The minimum absolute atomic E-state index is 0.00469. The van der Waals surface area contributed by atoms with Crippen LogP contribution in [0.25, 0.3) is 0 Å². The first-order chi connectivity index (χ1) is 10.6. The van der Waals surface area contributed by atoms with Crippen molar-refractivity contribution in [2.24, 2.45) is 5.41 Å². The van der Waals surface area contributed by atoms with Crippen molar-refractivity contribution in [2.75, 3.05) is 33.5 Å². The number of rotatable bonds is 6. The fourth-order valence-corrected chi connectivity index (χ4v) is 2.50. The summed E-state index contributed by atoms with van der Waals surface area (Å²) in [5.74, 6) is 0.197. The van der Waals surface area contributed by atoms with Crippen LogP contribution in [0.1, 0.15) is 24.5 Å². The van der Waals surface area contributed by atoms with Gasteiger partial charge in [-0.15, -0.1) is 0 Å². The van der Waals surface area contributed by atoms with Gasteiger partial charge in [0.2, 0.25) is 0 Å². The molecule has 1 aliphatic heterocycles. The largest absolute Gasteiger partial charge is 0.497 e. The van der Waals surface area contributed by atoms with Crippen LogP contribution in [-0.2, 0) is 9.53 Å². The van der Waals surface area contributed by atoms with Gasteiger partial charge < -0.3 is 25.0 Å². The number of aliphatic hydroxyl groups excluding tert-OH is 2. The molecule has 1 fully saturated rings. The lowest BCUT2D eigenvalue weighted by Crippen LogP contribution is -2.44. The molecule has 1 unspecified atom stereocenters. The van der Waals surface area contributed by atoms with Crippen LogP contribution in [0, 0.1) is 5.41 Å². The van der Waals surface area contributed by atoms with Gasteiger partial charge in [-0.2, -0.15) is 0 Å². The van der Waals surface area contributed by atoms with Crippen molar-refractivity contribution in [1.82, 2.24) is 5.32 Å². The molecule has 6 heteroatoms. The Hall–Kier alpha value is -1.63. The molecule has 1 aliphatic rings. The van der Waals surface area contributed by atoms with Crippen molar-refractivity contribution in [1.29, 1.82) is 0 Å². The monoisotopic (exact) mass is 309 g/mol. The predicted molar refractivity (Wildman–Crippen MR) is 80.5 cm³/mol. The van der Waals surface area contributed by atoms with Gasteiger partial charge in [-0.25, -0.2) is 0 Å². The van der Waals surface area contributed by atoms with Crippen LogP contribution in [-0.4, -0.2) is 49.6 Å². The molecule has 1 amide bonds. The second kappa shape index (κ2) is 7.58. The third-order valence-corrected chi connectivity index (χ3v) is 4.21. The molecule has 0 aromatic heterocycles. The minimum atomic E-state index is -1.23. The minimum Gasteiger partial charge on any atom is -0.497 e. The Kier molecular flexibility index (Phi) is 5.76. The van der Waals surface area contributed by atoms with E-state index in [4.69, 9.17) is 9.47 Å². The van der Waals surface area contributed by atoms with Gasteiger partial charge in [0.05, 0.1) is 13.7 Å². The lowest BCUT2D eigenvalue weighted by atomic mass is 9.81. The second-order valence-corrected chi connectivity index (χ2v) is 5.66. The molecule has 6 nitrogen and oxygen atoms in total. The smallest absolute Gasteiger partial charge is 0.253 e. The van der Waals surface area contributed by atoms with Crippen LogP contribution >= 0.6 is 0 Å². The van der Waals surface area contributed by atoms with E-state index >= 15 is 0 Å². The molecule has 1 aromatic rings. The van der Waals surface area contributed by atoms with E-state index in [1.165, 1.54) is 0 Å². The highest BCUT2D eigenvalue weighted by atomic mass is 16.5. The molecule has 1 aromatic carbocycles. The Bertz CT molecular complexity index is 482. The summed E-state index contributed by atoms with van der Waals surface area (Å²) in [7, 11) is 1.56. The summed E-state index contributed by atoms with van der Waals surface area (Å²) in [6, 6.07) is 6.69. The van der Waals surface area contributed by atoms with Crippen LogP contribution in [0.15, 0.2) is 24.3 Å². The number of benzene rings is 1. The summed E-state index contributed by atoms with van der Waals surface area (Å²) in [5, 5.41) is 22.4. The highest BCUT2D eigenvalue weighted by Gasteiger charge is 2.33. The zero-order valence-electron chi connectivity index (χ0n) is 12.7. The lowest BCUT2D eigenvalue weighted by molar-refractivity contribution is -0.130. The van der Waals surface area contributed by atoms with Gasteiger partial charge in [-0.1, -0.05) is 12.1 Å². The van der Waals surface area contributed by atoms with Crippen LogP contribution < -0.4 is 10.1 Å². The summed E-state index contributed by atoms with van der Waals surface area (Å²) in [6.45, 7) is 1.49. The fraction of sp³-hybridized carbons (Fsp3) is 0.562. The number of carbonyl (C=O) groups excluding carboxylic acids is 1. The Morgan fingerprint density at radius 2 is 2.00 bits per heavy atom. The van der Waals surface area contributed by atoms with Gasteiger partial charge in [0.1, 0.15) is 5.75 Å². The Labute approximate surface area is 130 Å². The molecule has 0 bridgehead atoms. The van der Waals surface area contributed by atoms with Gasteiger partial charge in [0.25, 0.3) is 5.91 Å². The maximum absolute atomic E-state index is 12.1. The van der Waals surface area contributed by atoms with E-state index in [0.717, 1.165) is 0 Å². The Morgan fingerprint density at radius 3 is 2.55 bits per heavy atom. The topological polar surface area (TPSA) is 88.0 Å². The number of ether oxygens (including phenoxy) is 2. The van der Waals surface area contributed by atoms with Crippen LogP contribution in [0.4, 0.5) is 0 Å². The summed E-state index contributed by atoms with van der Waals surface area (Å²) >= 11 is 0. The first kappa shape index (κ1) is 16.7. The molecule has 0 aliphatic carbocycles. The predicted octanol–water partition coefficient (Wildman–Crippen LogP) is 0.634. The van der Waals surface area contributed by atoms with Crippen molar-refractivity contribution in [2.45, 2.75) is 18.9 Å². The number of aliphatic hydroxyl groups is 2. The lowest BCUT2D eigenvalue weighted by Gasteiger charge is -2.35. The number of methoxy groups -OCH3 is 1. The molecule has 0 saturated carbocycles. The molecule has 0 radical (unpaired) electrons. The summed E-state index contributed by atoms with van der Waals surface area (Å²) in [6.07, 6.45) is 0.159. The molecule has 0 spiro atoms. The first-order valence-corrected chi connectivity index (χ1v) is 7.38. The van der Waals surface area contributed by atoms with Crippen LogP contribution in [0.5, 0.6) is 5.75 Å². The molecule has 122 valence electrons. The van der Waals surface area contributed by atoms with E-state index in [1.54, 1.807) is 31.4 Å². The maximum Gasteiger partial charge on any atom is 0.253 e. The Morgan fingerprint density at radius 1 is 1.36 bits per heavy atom. The molecular weight excluding hydrogens is 286 g/mol. The molecule has 1 atom stereocenters. The first-order valence-electron chi connectivity index (χ1n) is 7.38. The second-order valence-electron chi connectivity index (χ2n) is 5.66. The maximum atomic E-state index is 12.1. The summed E-state index contributed by atoms with van der Waals surface area (Å²) in [5.41, 5.74) is 0.149. The summed E-state index contributed by atoms with van der Waals surface area (Å²) < 4.78 is 10.3. The highest BCUT2D eigenvalue weighted by molar-refractivity contribution is 5.81. The van der Waals surface area contributed by atoms with E-state index in [2.05, 4.69) is 5.32 Å². The van der Waals surface area contributed by atoms with Crippen LogP contribution in [0.3, 0.4) is 0 Å². The third-order valence-electron chi connectivity index (χ3n) is 4.21. The van der Waals surface area contributed by atoms with E-state index in [0.29, 0.717) is 43.9 Å². The zero-order chi connectivity index (χ0) is 16.0. The van der Waals surface area contributed by atoms with Crippen molar-refractivity contribution >= 4 is 5.91 Å². The van der Waals surface area contributed by atoms with Crippen molar-refractivity contribution in [3.63, 3.8) is 0 Å². The van der Waals surface area contributed by atoms with Crippen molar-refractivity contribution < 1.29 is 24.5 Å². The number of hydrogen-bond donors (Lipinski definition) is 3. The molecule has 1 heterocycles. The standard InChI is InChI=1S/C16H23NO5/c1-21-13-4-2-12(3-5-13)14(19)15(20)17-10-16(11-18)6-8-22-9-7-16/h2-5,14,18-19H,6-11H2,1H3,(H,17,20). The van der Waals surface area contributed by atoms with E-state index in [9.17, 15) is 15.0 Å². The van der Waals surface area contributed by atoms with Gasteiger partial charge >= 0.3 is 0 Å². The summed E-state index contributed by atoms with van der Waals surface area (Å²) in [4.78, 5) is 12.1. The Balaban J connectivity index is 1.92. The van der Waals surface area contributed by atoms with E-state index in [1.807, 2.05) is 0 Å². The highest BCUT2D eigenvalue weighted by Crippen LogP contribution is 2.29. The van der Waals surface area contributed by atoms with Gasteiger partial charge in [0.15, 0.2) is 6.10 Å². The normalized spacial score (nSPS) is 18.5. The van der Waals surface area contributed by atoms with Crippen LogP contribution in [0.2, 0.25) is 0 Å². The molecule has 3 N–H and O–H groups in total. The quantitative estimate of drug-likeness (QED) is 0.717.